The van der Waals surface area contributed by atoms with Crippen LogP contribution in [0, 0.1) is 0 Å². The number of thiol groups is 1. The molecule has 0 aromatic heterocycles. The number of carbonyl (C=O) groups excluding carboxylic acids is 1. The summed E-state index contributed by atoms with van der Waals surface area (Å²) in [6.07, 6.45) is 22.2. The van der Waals surface area contributed by atoms with Gasteiger partial charge in [-0.3, -0.25) is 4.79 Å². The van der Waals surface area contributed by atoms with Crippen LogP contribution in [0.2, 0.25) is 0 Å². The Bertz CT molecular complexity index is 300. The summed E-state index contributed by atoms with van der Waals surface area (Å²) in [6.45, 7) is 2.79. The Morgan fingerprint density at radius 2 is 1.15 bits per heavy atom. The van der Waals surface area contributed by atoms with E-state index < -0.39 is 6.04 Å². The third kappa shape index (κ3) is 18.6. The number of hydrogen-bond acceptors (Lipinski definition) is 4. The van der Waals surface area contributed by atoms with Gasteiger partial charge in [-0.2, -0.15) is 12.6 Å². The number of ether oxygens (including phenoxy) is 1. The molecule has 0 aromatic rings. The summed E-state index contributed by atoms with van der Waals surface area (Å²) >= 11 is 4.07. The first-order valence-corrected chi connectivity index (χ1v) is 11.9. The summed E-state index contributed by atoms with van der Waals surface area (Å²) in [7, 11) is 0. The summed E-state index contributed by atoms with van der Waals surface area (Å²) < 4.78 is 5.18. The first-order valence-electron chi connectivity index (χ1n) is 11.3. The summed E-state index contributed by atoms with van der Waals surface area (Å²) in [6, 6.07) is -0.506. The largest absolute Gasteiger partial charge is 0.465 e. The van der Waals surface area contributed by atoms with Gasteiger partial charge in [-0.05, 0) is 18.6 Å². The molecule has 1 atom stereocenters. The van der Waals surface area contributed by atoms with Gasteiger partial charge in [-0.25, -0.2) is 0 Å². The van der Waals surface area contributed by atoms with Crippen LogP contribution in [0.15, 0.2) is 0 Å². The average Bonchev–Trinajstić information content (AvgIpc) is 2.64. The summed E-state index contributed by atoms with van der Waals surface area (Å²) in [5.41, 5.74) is 5.68. The van der Waals surface area contributed by atoms with E-state index in [-0.39, 0.29) is 5.97 Å². The van der Waals surface area contributed by atoms with Crippen LogP contribution in [-0.4, -0.2) is 24.4 Å². The predicted octanol–water partition coefficient (Wildman–Crippen LogP) is 6.44. The summed E-state index contributed by atoms with van der Waals surface area (Å²) in [4.78, 5) is 11.5. The zero-order valence-electron chi connectivity index (χ0n) is 17.4. The first-order chi connectivity index (χ1) is 12.7. The van der Waals surface area contributed by atoms with Crippen molar-refractivity contribution in [1.29, 1.82) is 0 Å². The van der Waals surface area contributed by atoms with E-state index in [2.05, 4.69) is 19.6 Å². The van der Waals surface area contributed by atoms with E-state index >= 15 is 0 Å². The molecule has 0 saturated carbocycles. The van der Waals surface area contributed by atoms with E-state index in [9.17, 15) is 4.79 Å². The van der Waals surface area contributed by atoms with Crippen molar-refractivity contribution in [3.8, 4) is 0 Å². The van der Waals surface area contributed by atoms with E-state index in [1.54, 1.807) is 0 Å². The fourth-order valence-corrected chi connectivity index (χ4v) is 3.47. The average molecular weight is 388 g/mol. The van der Waals surface area contributed by atoms with Crippen LogP contribution in [0.5, 0.6) is 0 Å². The number of hydrogen-bond donors (Lipinski definition) is 2. The molecule has 0 fully saturated rings. The van der Waals surface area contributed by atoms with Crippen LogP contribution in [-0.2, 0) is 9.53 Å². The highest BCUT2D eigenvalue weighted by atomic mass is 32.1. The topological polar surface area (TPSA) is 52.3 Å². The molecule has 4 heteroatoms. The van der Waals surface area contributed by atoms with Gasteiger partial charge in [-0.15, -0.1) is 0 Å². The van der Waals surface area contributed by atoms with E-state index in [0.29, 0.717) is 18.8 Å². The maximum Gasteiger partial charge on any atom is 0.322 e. The van der Waals surface area contributed by atoms with Crippen molar-refractivity contribution in [3.05, 3.63) is 0 Å². The minimum absolute atomic E-state index is 0.278. The molecule has 0 radical (unpaired) electrons. The Labute approximate surface area is 168 Å². The number of nitrogens with two attached hydrogens (primary N) is 1. The Morgan fingerprint density at radius 1 is 0.769 bits per heavy atom. The molecule has 0 aromatic carbocycles. The number of carbonyl (C=O) groups is 1. The third-order valence-corrected chi connectivity index (χ3v) is 5.24. The highest BCUT2D eigenvalue weighted by Crippen LogP contribution is 2.13. The minimum atomic E-state index is -0.506. The molecule has 0 spiro atoms. The smallest absolute Gasteiger partial charge is 0.322 e. The van der Waals surface area contributed by atoms with Gasteiger partial charge in [0.1, 0.15) is 6.04 Å². The lowest BCUT2D eigenvalue weighted by atomic mass is 10.0. The fraction of sp³-hybridized carbons (Fsp3) is 0.955. The lowest BCUT2D eigenvalue weighted by molar-refractivity contribution is -0.145. The number of unbranched alkanes of at least 4 members (excludes halogenated alkanes) is 15. The molecule has 0 amide bonds. The van der Waals surface area contributed by atoms with Crippen LogP contribution in [0.25, 0.3) is 0 Å². The highest BCUT2D eigenvalue weighted by molar-refractivity contribution is 7.80. The quantitative estimate of drug-likeness (QED) is 0.144. The maximum absolute atomic E-state index is 11.5. The highest BCUT2D eigenvalue weighted by Gasteiger charge is 2.13. The first kappa shape index (κ1) is 25.8. The second-order valence-corrected chi connectivity index (χ2v) is 8.04. The maximum atomic E-state index is 11.5. The Kier molecular flexibility index (Phi) is 20.9. The van der Waals surface area contributed by atoms with Crippen molar-refractivity contribution in [2.75, 3.05) is 12.4 Å². The van der Waals surface area contributed by atoms with E-state index in [1.807, 2.05) is 0 Å². The lowest BCUT2D eigenvalue weighted by Gasteiger charge is -2.10. The second kappa shape index (κ2) is 21.1. The lowest BCUT2D eigenvalue weighted by Crippen LogP contribution is -2.32. The van der Waals surface area contributed by atoms with Crippen molar-refractivity contribution >= 4 is 18.6 Å². The Morgan fingerprint density at radius 3 is 1.54 bits per heavy atom. The van der Waals surface area contributed by atoms with Crippen LogP contribution in [0.3, 0.4) is 0 Å². The molecule has 0 aliphatic rings. The van der Waals surface area contributed by atoms with E-state index in [1.165, 1.54) is 89.9 Å². The molecule has 0 heterocycles. The van der Waals surface area contributed by atoms with Gasteiger partial charge in [0.15, 0.2) is 0 Å². The second-order valence-electron chi connectivity index (χ2n) is 7.59. The van der Waals surface area contributed by atoms with Gasteiger partial charge >= 0.3 is 5.97 Å². The fourth-order valence-electron chi connectivity index (χ4n) is 3.19. The number of esters is 1. The molecule has 156 valence electrons. The van der Waals surface area contributed by atoms with Crippen molar-refractivity contribution < 1.29 is 9.53 Å². The van der Waals surface area contributed by atoms with Gasteiger partial charge in [0.25, 0.3) is 0 Å². The molecule has 3 nitrogen and oxygen atoms in total. The monoisotopic (exact) mass is 387 g/mol. The van der Waals surface area contributed by atoms with Crippen molar-refractivity contribution in [1.82, 2.24) is 0 Å². The summed E-state index contributed by atoms with van der Waals surface area (Å²) in [5, 5.41) is 0. The van der Waals surface area contributed by atoms with E-state index in [0.717, 1.165) is 12.8 Å². The van der Waals surface area contributed by atoms with Crippen molar-refractivity contribution in [2.45, 2.75) is 122 Å². The predicted molar refractivity (Wildman–Crippen MR) is 117 cm³/mol. The van der Waals surface area contributed by atoms with Crippen LogP contribution in [0.1, 0.15) is 116 Å². The van der Waals surface area contributed by atoms with E-state index in [4.69, 9.17) is 10.5 Å². The normalized spacial score (nSPS) is 12.3. The van der Waals surface area contributed by atoms with Gasteiger partial charge in [0.05, 0.1) is 6.61 Å². The number of rotatable bonds is 20. The molecule has 0 saturated heterocycles. The zero-order valence-corrected chi connectivity index (χ0v) is 18.2. The van der Waals surface area contributed by atoms with Crippen molar-refractivity contribution in [3.63, 3.8) is 0 Å². The standard InChI is InChI=1S/C22H45NO2S/c1-2-3-4-5-6-7-8-9-10-11-12-13-14-15-16-17-19-25-22(24)21(23)18-20-26/h21,26H,2-20,23H2,1H3/t21-/m0/s1. The molecule has 0 rings (SSSR count). The molecular weight excluding hydrogens is 342 g/mol. The van der Waals surface area contributed by atoms with Crippen molar-refractivity contribution in [2.24, 2.45) is 5.73 Å². The van der Waals surface area contributed by atoms with Crippen LogP contribution >= 0.6 is 12.6 Å². The van der Waals surface area contributed by atoms with Gasteiger partial charge in [-0.1, -0.05) is 103 Å². The van der Waals surface area contributed by atoms with Gasteiger partial charge in [0, 0.05) is 0 Å². The third-order valence-electron chi connectivity index (χ3n) is 4.99. The van der Waals surface area contributed by atoms with Crippen LogP contribution < -0.4 is 5.73 Å². The van der Waals surface area contributed by atoms with Gasteiger partial charge < -0.3 is 10.5 Å². The summed E-state index contributed by atoms with van der Waals surface area (Å²) in [5.74, 6) is 0.343. The Balaban J connectivity index is 3.12. The molecule has 0 aliphatic carbocycles. The minimum Gasteiger partial charge on any atom is -0.465 e. The SMILES string of the molecule is CCCCCCCCCCCCCCCCCCOC(=O)[C@@H](N)CCS. The molecule has 26 heavy (non-hydrogen) atoms. The molecule has 0 aliphatic heterocycles. The molecular formula is C22H45NO2S. The Hall–Kier alpha value is -0.220. The molecule has 0 unspecified atom stereocenters. The van der Waals surface area contributed by atoms with Gasteiger partial charge in [0.2, 0.25) is 0 Å². The zero-order chi connectivity index (χ0) is 19.3. The van der Waals surface area contributed by atoms with Crippen LogP contribution in [0.4, 0.5) is 0 Å². The molecule has 0 bridgehead atoms. The molecule has 2 N–H and O–H groups in total.